The van der Waals surface area contributed by atoms with Crippen molar-refractivity contribution in [1.82, 2.24) is 14.9 Å². The van der Waals surface area contributed by atoms with Gasteiger partial charge in [0.15, 0.2) is 0 Å². The van der Waals surface area contributed by atoms with E-state index in [0.29, 0.717) is 6.54 Å². The van der Waals surface area contributed by atoms with Gasteiger partial charge in [0.25, 0.3) is 0 Å². The number of aromatic nitrogens is 2. The Bertz CT molecular complexity index is 845. The van der Waals surface area contributed by atoms with E-state index in [1.165, 1.54) is 0 Å². The molecule has 0 aliphatic carbocycles. The number of aliphatic hydroxyl groups is 1. The summed E-state index contributed by atoms with van der Waals surface area (Å²) in [5.41, 5.74) is 8.96. The van der Waals surface area contributed by atoms with Crippen molar-refractivity contribution in [2.24, 2.45) is 5.73 Å². The van der Waals surface area contributed by atoms with Crippen LogP contribution in [0.5, 0.6) is 0 Å². The minimum Gasteiger partial charge on any atom is -0.445 e. The van der Waals surface area contributed by atoms with Crippen LogP contribution < -0.4 is 11.1 Å². The molecule has 0 spiro atoms. The van der Waals surface area contributed by atoms with Crippen LogP contribution in [-0.4, -0.2) is 33.6 Å². The number of aliphatic hydroxyl groups excluding tert-OH is 1. The topological polar surface area (TPSA) is 102 Å². The summed E-state index contributed by atoms with van der Waals surface area (Å²) in [6, 6.07) is 17.7. The summed E-state index contributed by atoms with van der Waals surface area (Å²) >= 11 is 0. The highest BCUT2D eigenvalue weighted by Crippen LogP contribution is 2.18. The van der Waals surface area contributed by atoms with E-state index in [1.807, 2.05) is 65.4 Å². The summed E-state index contributed by atoms with van der Waals surface area (Å²) in [4.78, 5) is 15.9. The Balaban J connectivity index is 1.60. The molecule has 134 valence electrons. The zero-order valence-electron chi connectivity index (χ0n) is 14.1. The average Bonchev–Trinajstić information content (AvgIpc) is 3.16. The van der Waals surface area contributed by atoms with Crippen molar-refractivity contribution in [3.05, 3.63) is 72.7 Å². The number of ether oxygens (including phenoxy) is 1. The number of nitrogens with zero attached hydrogens (tertiary/aromatic N) is 2. The van der Waals surface area contributed by atoms with Crippen molar-refractivity contribution in [2.45, 2.75) is 12.8 Å². The predicted molar refractivity (Wildman–Crippen MR) is 97.4 cm³/mol. The third kappa shape index (κ3) is 4.69. The van der Waals surface area contributed by atoms with Crippen LogP contribution in [0, 0.1) is 0 Å². The van der Waals surface area contributed by atoms with Crippen LogP contribution >= 0.6 is 0 Å². The number of nitrogens with one attached hydrogen (secondary N) is 1. The van der Waals surface area contributed by atoms with E-state index in [-0.39, 0.29) is 6.61 Å². The Morgan fingerprint density at radius 2 is 1.92 bits per heavy atom. The van der Waals surface area contributed by atoms with Gasteiger partial charge in [0.05, 0.1) is 12.0 Å². The van der Waals surface area contributed by atoms with Crippen molar-refractivity contribution in [3.63, 3.8) is 0 Å². The van der Waals surface area contributed by atoms with E-state index in [9.17, 15) is 4.79 Å². The Labute approximate surface area is 151 Å². The Morgan fingerprint density at radius 1 is 1.19 bits per heavy atom. The Hall–Kier alpha value is -3.16. The molecule has 1 amide bonds. The van der Waals surface area contributed by atoms with Gasteiger partial charge in [0.1, 0.15) is 12.8 Å². The maximum atomic E-state index is 11.4. The maximum Gasteiger partial charge on any atom is 0.407 e. The van der Waals surface area contributed by atoms with E-state index in [2.05, 4.69) is 10.3 Å². The molecule has 0 saturated carbocycles. The second-order valence-corrected chi connectivity index (χ2v) is 5.72. The highest BCUT2D eigenvalue weighted by Gasteiger charge is 2.06. The molecule has 1 aromatic heterocycles. The van der Waals surface area contributed by atoms with Gasteiger partial charge in [-0.15, -0.1) is 0 Å². The van der Waals surface area contributed by atoms with Crippen molar-refractivity contribution in [3.8, 4) is 16.9 Å². The first-order chi connectivity index (χ1) is 12.6. The van der Waals surface area contributed by atoms with Crippen molar-refractivity contribution in [1.29, 1.82) is 0 Å². The molecule has 1 atom stereocenters. The highest BCUT2D eigenvalue weighted by molar-refractivity contribution is 5.67. The summed E-state index contributed by atoms with van der Waals surface area (Å²) in [5.74, 6) is 0. The van der Waals surface area contributed by atoms with Crippen LogP contribution in [0.4, 0.5) is 4.79 Å². The van der Waals surface area contributed by atoms with Gasteiger partial charge < -0.3 is 25.5 Å². The number of imidazole rings is 1. The monoisotopic (exact) mass is 352 g/mol. The molecule has 0 radical (unpaired) electrons. The molecule has 0 bridgehead atoms. The molecule has 2 aromatic carbocycles. The second-order valence-electron chi connectivity index (χ2n) is 5.72. The van der Waals surface area contributed by atoms with Crippen LogP contribution in [-0.2, 0) is 11.3 Å². The zero-order chi connectivity index (χ0) is 18.4. The van der Waals surface area contributed by atoms with Crippen molar-refractivity contribution >= 4 is 6.09 Å². The van der Waals surface area contributed by atoms with E-state index in [1.54, 1.807) is 6.33 Å². The van der Waals surface area contributed by atoms with E-state index in [4.69, 9.17) is 15.6 Å². The summed E-state index contributed by atoms with van der Waals surface area (Å²) in [7, 11) is 0. The highest BCUT2D eigenvalue weighted by atomic mass is 16.6. The summed E-state index contributed by atoms with van der Waals surface area (Å²) in [5, 5.41) is 11.5. The zero-order valence-corrected chi connectivity index (χ0v) is 14.1. The molecule has 7 nitrogen and oxygen atoms in total. The van der Waals surface area contributed by atoms with Crippen molar-refractivity contribution < 1.29 is 14.6 Å². The fourth-order valence-corrected chi connectivity index (χ4v) is 2.39. The van der Waals surface area contributed by atoms with Gasteiger partial charge in [-0.3, -0.25) is 0 Å². The number of amides is 1. The molecule has 0 fully saturated rings. The minimum atomic E-state index is -1.17. The minimum absolute atomic E-state index is 0.241. The Kier molecular flexibility index (Phi) is 5.62. The fraction of sp³-hybridized carbons (Fsp3) is 0.158. The van der Waals surface area contributed by atoms with Crippen LogP contribution in [0.2, 0.25) is 0 Å². The molecule has 3 rings (SSSR count). The molecule has 0 saturated heterocycles. The summed E-state index contributed by atoms with van der Waals surface area (Å²) in [6.07, 6.45) is 1.94. The van der Waals surface area contributed by atoms with Crippen LogP contribution in [0.3, 0.4) is 0 Å². The first-order valence-corrected chi connectivity index (χ1v) is 8.15. The van der Waals surface area contributed by atoms with Crippen LogP contribution in [0.1, 0.15) is 5.56 Å². The van der Waals surface area contributed by atoms with Gasteiger partial charge >= 0.3 is 6.09 Å². The van der Waals surface area contributed by atoms with Gasteiger partial charge in [-0.2, -0.15) is 0 Å². The third-order valence-electron chi connectivity index (χ3n) is 3.71. The lowest BCUT2D eigenvalue weighted by molar-refractivity contribution is 0.0716. The molecule has 0 aliphatic heterocycles. The normalized spacial score (nSPS) is 11.8. The molecule has 1 unspecified atom stereocenters. The smallest absolute Gasteiger partial charge is 0.407 e. The Morgan fingerprint density at radius 3 is 2.62 bits per heavy atom. The quantitative estimate of drug-likeness (QED) is 0.589. The molecular weight excluding hydrogens is 332 g/mol. The number of carbonyl (C=O) groups is 1. The van der Waals surface area contributed by atoms with Gasteiger partial charge in [0.2, 0.25) is 0 Å². The largest absolute Gasteiger partial charge is 0.445 e. The first kappa shape index (κ1) is 17.7. The predicted octanol–water partition coefficient (Wildman–Crippen LogP) is 2.04. The molecule has 7 heteroatoms. The fourth-order valence-electron chi connectivity index (χ4n) is 2.39. The van der Waals surface area contributed by atoms with Crippen LogP contribution in [0.25, 0.3) is 16.9 Å². The molecule has 3 aromatic rings. The molecular formula is C19H20N4O3. The number of nitrogens with two attached hydrogens (primary N) is 1. The summed E-state index contributed by atoms with van der Waals surface area (Å²) < 4.78 is 6.67. The summed E-state index contributed by atoms with van der Waals surface area (Å²) in [6.45, 7) is 0.0775. The second kappa shape index (κ2) is 8.28. The number of hydrogen-bond acceptors (Lipinski definition) is 5. The molecule has 4 N–H and O–H groups in total. The van der Waals surface area contributed by atoms with Gasteiger partial charge in [-0.1, -0.05) is 42.5 Å². The van der Waals surface area contributed by atoms with Gasteiger partial charge in [-0.25, -0.2) is 9.78 Å². The molecule has 1 heterocycles. The standard InChI is InChI=1S/C19H20N4O3/c20-18(24)12-26-19(25)21-10-14-6-8-16(9-7-14)23-11-17(22-13-23)15-4-2-1-3-5-15/h1-9,11,13,18,24H,10,12,20H2,(H,21,25). The molecule has 0 aliphatic rings. The number of rotatable bonds is 6. The lowest BCUT2D eigenvalue weighted by atomic mass is 10.2. The number of benzene rings is 2. The first-order valence-electron chi connectivity index (χ1n) is 8.15. The van der Waals surface area contributed by atoms with E-state index in [0.717, 1.165) is 22.5 Å². The third-order valence-corrected chi connectivity index (χ3v) is 3.71. The lowest BCUT2D eigenvalue weighted by Crippen LogP contribution is -2.31. The lowest BCUT2D eigenvalue weighted by Gasteiger charge is -2.09. The SMILES string of the molecule is NC(O)COC(=O)NCc1ccc(-n2cnc(-c3ccccc3)c2)cc1. The van der Waals surface area contributed by atoms with Crippen molar-refractivity contribution in [2.75, 3.05) is 6.61 Å². The maximum absolute atomic E-state index is 11.4. The average molecular weight is 352 g/mol. The van der Waals surface area contributed by atoms with Gasteiger partial charge in [-0.05, 0) is 17.7 Å². The van der Waals surface area contributed by atoms with Gasteiger partial charge in [0, 0.05) is 24.0 Å². The number of hydrogen-bond donors (Lipinski definition) is 3. The number of carbonyl (C=O) groups excluding carboxylic acids is 1. The van der Waals surface area contributed by atoms with E-state index >= 15 is 0 Å². The van der Waals surface area contributed by atoms with E-state index < -0.39 is 12.3 Å². The van der Waals surface area contributed by atoms with Crippen LogP contribution in [0.15, 0.2) is 67.1 Å². The number of alkyl carbamates (subject to hydrolysis) is 1. The molecule has 26 heavy (non-hydrogen) atoms.